The Morgan fingerprint density at radius 2 is 1.96 bits per heavy atom. The largest absolute Gasteiger partial charge is 0.486 e. The number of hydrogen-bond donors (Lipinski definition) is 1. The molecule has 0 aliphatic carbocycles. The van der Waals surface area contributed by atoms with Crippen LogP contribution in [0.5, 0.6) is 5.75 Å². The number of H-pyrrole nitrogens is 1. The third kappa shape index (κ3) is 2.77. The summed E-state index contributed by atoms with van der Waals surface area (Å²) in [6.07, 6.45) is 7.12. The third-order valence-corrected chi connectivity index (χ3v) is 4.81. The van der Waals surface area contributed by atoms with E-state index in [9.17, 15) is 0 Å². The summed E-state index contributed by atoms with van der Waals surface area (Å²) in [6.45, 7) is 2.03. The van der Waals surface area contributed by atoms with Gasteiger partial charge in [0.1, 0.15) is 17.5 Å². The standard InChI is InChI=1S/C21H18N6O/c1-13(16-7-9-23-21-17(16)4-3-8-22-21)28-15-5-6-19-18(10-15)20(26-25-19)14-11-24-27(2)12-14/h3-13H,1-2H3,(H,25,26). The highest BCUT2D eigenvalue weighted by Gasteiger charge is 2.15. The van der Waals surface area contributed by atoms with E-state index in [1.54, 1.807) is 17.1 Å². The lowest BCUT2D eigenvalue weighted by molar-refractivity contribution is 0.229. The van der Waals surface area contributed by atoms with Crippen LogP contribution in [0.1, 0.15) is 18.6 Å². The maximum Gasteiger partial charge on any atom is 0.159 e. The molecule has 1 atom stereocenters. The first kappa shape index (κ1) is 16.4. The number of ether oxygens (including phenoxy) is 1. The van der Waals surface area contributed by atoms with Crippen molar-refractivity contribution >= 4 is 21.9 Å². The second kappa shape index (κ2) is 6.45. The summed E-state index contributed by atoms with van der Waals surface area (Å²) in [5.41, 5.74) is 4.56. The average Bonchev–Trinajstić information content (AvgIpc) is 3.33. The zero-order valence-electron chi connectivity index (χ0n) is 15.5. The Labute approximate surface area is 161 Å². The van der Waals surface area contributed by atoms with Crippen LogP contribution < -0.4 is 4.74 Å². The number of nitrogens with zero attached hydrogens (tertiary/aromatic N) is 5. The number of benzene rings is 1. The topological polar surface area (TPSA) is 81.5 Å². The minimum Gasteiger partial charge on any atom is -0.486 e. The third-order valence-electron chi connectivity index (χ3n) is 4.81. The molecule has 1 unspecified atom stereocenters. The Balaban J connectivity index is 1.51. The van der Waals surface area contributed by atoms with E-state index in [-0.39, 0.29) is 6.10 Å². The van der Waals surface area contributed by atoms with Crippen molar-refractivity contribution in [1.82, 2.24) is 29.9 Å². The Hall–Kier alpha value is -3.74. The van der Waals surface area contributed by atoms with Crippen LogP contribution >= 0.6 is 0 Å². The lowest BCUT2D eigenvalue weighted by Gasteiger charge is -2.16. The van der Waals surface area contributed by atoms with E-state index in [1.807, 2.05) is 62.8 Å². The van der Waals surface area contributed by atoms with E-state index >= 15 is 0 Å². The Kier molecular flexibility index (Phi) is 3.79. The summed E-state index contributed by atoms with van der Waals surface area (Å²) in [7, 11) is 1.89. The number of aryl methyl sites for hydroxylation is 1. The van der Waals surface area contributed by atoms with Gasteiger partial charge in [0.2, 0.25) is 0 Å². The van der Waals surface area contributed by atoms with Crippen LogP contribution in [0.4, 0.5) is 0 Å². The zero-order chi connectivity index (χ0) is 19.1. The van der Waals surface area contributed by atoms with Crippen molar-refractivity contribution in [3.05, 3.63) is 66.7 Å². The van der Waals surface area contributed by atoms with E-state index < -0.39 is 0 Å². The van der Waals surface area contributed by atoms with Gasteiger partial charge in [-0.05, 0) is 43.3 Å². The van der Waals surface area contributed by atoms with Crippen LogP contribution in [0, 0.1) is 0 Å². The maximum absolute atomic E-state index is 6.26. The van der Waals surface area contributed by atoms with E-state index in [2.05, 4.69) is 25.3 Å². The average molecular weight is 370 g/mol. The molecule has 0 amide bonds. The summed E-state index contributed by atoms with van der Waals surface area (Å²) >= 11 is 0. The smallest absolute Gasteiger partial charge is 0.159 e. The van der Waals surface area contributed by atoms with Crippen LogP contribution in [0.15, 0.2) is 61.2 Å². The number of fused-ring (bicyclic) bond motifs is 2. The molecule has 0 bridgehead atoms. The van der Waals surface area contributed by atoms with Crippen molar-refractivity contribution in [1.29, 1.82) is 0 Å². The van der Waals surface area contributed by atoms with Gasteiger partial charge in [-0.15, -0.1) is 0 Å². The van der Waals surface area contributed by atoms with Gasteiger partial charge in [0.05, 0.1) is 11.7 Å². The molecular formula is C21H18N6O. The van der Waals surface area contributed by atoms with Crippen molar-refractivity contribution in [2.24, 2.45) is 7.05 Å². The molecule has 4 aromatic heterocycles. The monoisotopic (exact) mass is 370 g/mol. The highest BCUT2D eigenvalue weighted by atomic mass is 16.5. The van der Waals surface area contributed by atoms with Crippen molar-refractivity contribution < 1.29 is 4.74 Å². The predicted molar refractivity (Wildman–Crippen MR) is 107 cm³/mol. The summed E-state index contributed by atoms with van der Waals surface area (Å²) < 4.78 is 8.03. The van der Waals surface area contributed by atoms with Gasteiger partial charge in [0.25, 0.3) is 0 Å². The highest BCUT2D eigenvalue weighted by molar-refractivity contribution is 5.93. The van der Waals surface area contributed by atoms with Gasteiger partial charge < -0.3 is 4.74 Å². The lowest BCUT2D eigenvalue weighted by Crippen LogP contribution is -2.04. The molecule has 0 saturated heterocycles. The van der Waals surface area contributed by atoms with Gasteiger partial charge in [-0.2, -0.15) is 10.2 Å². The molecule has 0 radical (unpaired) electrons. The first-order chi connectivity index (χ1) is 13.7. The maximum atomic E-state index is 6.26. The fraction of sp³-hybridized carbons (Fsp3) is 0.143. The Morgan fingerprint density at radius 1 is 1.07 bits per heavy atom. The zero-order valence-corrected chi connectivity index (χ0v) is 15.5. The molecular weight excluding hydrogens is 352 g/mol. The molecule has 0 saturated carbocycles. The Bertz CT molecular complexity index is 1280. The first-order valence-electron chi connectivity index (χ1n) is 9.02. The summed E-state index contributed by atoms with van der Waals surface area (Å²) in [5, 5.41) is 13.8. The number of aromatic amines is 1. The molecule has 28 heavy (non-hydrogen) atoms. The van der Waals surface area contributed by atoms with Crippen molar-refractivity contribution in [3.63, 3.8) is 0 Å². The van der Waals surface area contributed by atoms with E-state index in [4.69, 9.17) is 4.74 Å². The molecule has 1 N–H and O–H groups in total. The first-order valence-corrected chi connectivity index (χ1v) is 9.02. The van der Waals surface area contributed by atoms with Crippen molar-refractivity contribution in [3.8, 4) is 17.0 Å². The number of rotatable bonds is 4. The highest BCUT2D eigenvalue weighted by Crippen LogP contribution is 2.32. The van der Waals surface area contributed by atoms with E-state index in [0.29, 0.717) is 0 Å². The van der Waals surface area contributed by atoms with E-state index in [0.717, 1.165) is 44.5 Å². The van der Waals surface area contributed by atoms with E-state index in [1.165, 1.54) is 0 Å². The molecule has 0 spiro atoms. The quantitative estimate of drug-likeness (QED) is 0.516. The molecule has 138 valence electrons. The fourth-order valence-electron chi connectivity index (χ4n) is 3.46. The molecule has 0 aliphatic rings. The predicted octanol–water partition coefficient (Wildman–Crippen LogP) is 4.05. The molecule has 5 aromatic rings. The lowest BCUT2D eigenvalue weighted by atomic mass is 10.1. The molecule has 0 aliphatic heterocycles. The second-order valence-corrected chi connectivity index (χ2v) is 6.72. The van der Waals surface area contributed by atoms with Crippen LogP contribution in [-0.4, -0.2) is 29.9 Å². The molecule has 7 heteroatoms. The normalized spacial score (nSPS) is 12.5. The summed E-state index contributed by atoms with van der Waals surface area (Å²) in [5.74, 6) is 0.778. The minimum atomic E-state index is -0.152. The second-order valence-electron chi connectivity index (χ2n) is 6.72. The van der Waals surface area contributed by atoms with Crippen molar-refractivity contribution in [2.75, 3.05) is 0 Å². The number of pyridine rings is 2. The molecule has 0 fully saturated rings. The van der Waals surface area contributed by atoms with Gasteiger partial charge in [-0.1, -0.05) is 0 Å². The van der Waals surface area contributed by atoms with Crippen LogP contribution in [-0.2, 0) is 7.05 Å². The van der Waals surface area contributed by atoms with Crippen molar-refractivity contribution in [2.45, 2.75) is 13.0 Å². The summed E-state index contributed by atoms with van der Waals surface area (Å²) in [6, 6.07) is 11.9. The number of hydrogen-bond acceptors (Lipinski definition) is 5. The van der Waals surface area contributed by atoms with Crippen LogP contribution in [0.3, 0.4) is 0 Å². The van der Waals surface area contributed by atoms with Gasteiger partial charge in [-0.3, -0.25) is 9.78 Å². The van der Waals surface area contributed by atoms with Gasteiger partial charge in [0.15, 0.2) is 5.65 Å². The number of aromatic nitrogens is 6. The molecule has 7 nitrogen and oxygen atoms in total. The van der Waals surface area contributed by atoms with Crippen LogP contribution in [0.2, 0.25) is 0 Å². The van der Waals surface area contributed by atoms with Crippen LogP contribution in [0.25, 0.3) is 33.2 Å². The SMILES string of the molecule is CC(Oc1ccc2[nH]nc(-c3cnn(C)c3)c2c1)c1ccnc2ncccc12. The molecule has 4 heterocycles. The van der Waals surface area contributed by atoms with Gasteiger partial charge in [-0.25, -0.2) is 9.97 Å². The molecule has 5 rings (SSSR count). The van der Waals surface area contributed by atoms with Gasteiger partial charge in [0, 0.05) is 47.5 Å². The Morgan fingerprint density at radius 3 is 2.82 bits per heavy atom. The molecule has 1 aromatic carbocycles. The fourth-order valence-corrected chi connectivity index (χ4v) is 3.46. The minimum absolute atomic E-state index is 0.152. The number of nitrogens with one attached hydrogen (secondary N) is 1. The van der Waals surface area contributed by atoms with Gasteiger partial charge >= 0.3 is 0 Å². The summed E-state index contributed by atoms with van der Waals surface area (Å²) in [4.78, 5) is 8.65.